The summed E-state index contributed by atoms with van der Waals surface area (Å²) < 4.78 is 5.00. The summed E-state index contributed by atoms with van der Waals surface area (Å²) in [7, 11) is 1.50. The van der Waals surface area contributed by atoms with Crippen LogP contribution in [0.3, 0.4) is 0 Å². The fourth-order valence-electron chi connectivity index (χ4n) is 2.55. The second-order valence-electron chi connectivity index (χ2n) is 6.35. The summed E-state index contributed by atoms with van der Waals surface area (Å²) in [6.07, 6.45) is 5.74. The van der Waals surface area contributed by atoms with Gasteiger partial charge in [-0.15, -0.1) is 0 Å². The van der Waals surface area contributed by atoms with Crippen molar-refractivity contribution < 1.29 is 19.1 Å². The Hall–Kier alpha value is -1.63. The lowest BCUT2D eigenvalue weighted by Gasteiger charge is -2.21. The number of nitrogens with zero attached hydrogens (tertiary/aromatic N) is 1. The first-order valence-corrected chi connectivity index (χ1v) is 8.33. The van der Waals surface area contributed by atoms with Crippen LogP contribution in [0.1, 0.15) is 65.7 Å². The number of amides is 4. The van der Waals surface area contributed by atoms with Crippen LogP contribution in [0.2, 0.25) is 0 Å². The second kappa shape index (κ2) is 8.86. The van der Waals surface area contributed by atoms with Gasteiger partial charge in [0.05, 0.1) is 12.5 Å². The van der Waals surface area contributed by atoms with Gasteiger partial charge in [-0.1, -0.05) is 39.0 Å². The molecule has 0 aromatic rings. The molecule has 0 radical (unpaired) electrons. The number of methoxy groups -OCH3 is 1. The number of rotatable bonds is 10. The first-order valence-electron chi connectivity index (χ1n) is 8.33. The van der Waals surface area contributed by atoms with Gasteiger partial charge in [-0.25, -0.2) is 4.79 Å². The Labute approximate surface area is 138 Å². The Balaban J connectivity index is 2.53. The number of carbonyl (C=O) groups excluding carboxylic acids is 3. The molecule has 23 heavy (non-hydrogen) atoms. The van der Waals surface area contributed by atoms with E-state index in [1.807, 2.05) is 0 Å². The third kappa shape index (κ3) is 5.49. The lowest BCUT2D eigenvalue weighted by molar-refractivity contribution is -0.139. The maximum atomic E-state index is 12.4. The number of carbonyl (C=O) groups is 3. The number of ether oxygens (including phenoxy) is 1. The Morgan fingerprint density at radius 3 is 2.57 bits per heavy atom. The maximum absolute atomic E-state index is 12.4. The van der Waals surface area contributed by atoms with Crippen molar-refractivity contribution in [3.05, 3.63) is 0 Å². The highest BCUT2D eigenvalue weighted by Gasteiger charge is 2.48. The van der Waals surface area contributed by atoms with E-state index in [1.54, 1.807) is 13.8 Å². The van der Waals surface area contributed by atoms with Gasteiger partial charge in [0.25, 0.3) is 5.91 Å². The van der Waals surface area contributed by atoms with Gasteiger partial charge in [0.2, 0.25) is 5.91 Å². The normalized spacial score (nSPS) is 22.2. The molecule has 0 aromatic carbocycles. The Bertz CT molecular complexity index is 441. The Morgan fingerprint density at radius 1 is 1.30 bits per heavy atom. The summed E-state index contributed by atoms with van der Waals surface area (Å²) in [6.45, 7) is 5.59. The molecule has 1 rings (SSSR count). The minimum absolute atomic E-state index is 0.0846. The number of urea groups is 1. The van der Waals surface area contributed by atoms with E-state index in [-0.39, 0.29) is 12.5 Å². The van der Waals surface area contributed by atoms with E-state index in [0.29, 0.717) is 6.42 Å². The van der Waals surface area contributed by atoms with Gasteiger partial charge in [-0.05, 0) is 20.3 Å². The zero-order valence-electron chi connectivity index (χ0n) is 14.6. The molecule has 1 aliphatic heterocycles. The number of hydrogen-bond acceptors (Lipinski definition) is 4. The molecule has 7 nitrogen and oxygen atoms in total. The molecule has 1 aliphatic rings. The molecule has 0 aromatic heterocycles. The minimum atomic E-state index is -0.941. The van der Waals surface area contributed by atoms with Crippen LogP contribution in [-0.4, -0.2) is 41.6 Å². The van der Waals surface area contributed by atoms with E-state index < -0.39 is 23.4 Å². The molecule has 1 heterocycles. The number of unbranched alkanes of at least 4 members (excludes halogenated alkanes) is 4. The van der Waals surface area contributed by atoms with E-state index in [1.165, 1.54) is 13.5 Å². The largest absolute Gasteiger partial charge is 0.381 e. The number of imide groups is 1. The second-order valence-corrected chi connectivity index (χ2v) is 6.35. The molecule has 2 unspecified atom stereocenters. The highest BCUT2D eigenvalue weighted by Crippen LogP contribution is 2.23. The maximum Gasteiger partial charge on any atom is 0.344 e. The lowest BCUT2D eigenvalue weighted by Crippen LogP contribution is -2.49. The van der Waals surface area contributed by atoms with Crippen LogP contribution in [0.15, 0.2) is 0 Å². The van der Waals surface area contributed by atoms with Crippen LogP contribution < -0.4 is 10.7 Å². The number of hydrazine groups is 1. The zero-order valence-corrected chi connectivity index (χ0v) is 14.6. The molecule has 0 bridgehead atoms. The van der Waals surface area contributed by atoms with Gasteiger partial charge in [0, 0.05) is 7.11 Å². The van der Waals surface area contributed by atoms with Crippen molar-refractivity contribution in [2.24, 2.45) is 0 Å². The van der Waals surface area contributed by atoms with Crippen molar-refractivity contribution in [1.82, 2.24) is 15.8 Å². The molecular weight excluding hydrogens is 298 g/mol. The van der Waals surface area contributed by atoms with Crippen LogP contribution in [0.5, 0.6) is 0 Å². The summed E-state index contributed by atoms with van der Waals surface area (Å²) in [5, 5.41) is 3.47. The number of hydrogen-bond donors (Lipinski definition) is 2. The molecule has 132 valence electrons. The fourth-order valence-corrected chi connectivity index (χ4v) is 2.55. The van der Waals surface area contributed by atoms with Crippen molar-refractivity contribution >= 4 is 17.8 Å². The van der Waals surface area contributed by atoms with Crippen LogP contribution in [0.4, 0.5) is 4.79 Å². The summed E-state index contributed by atoms with van der Waals surface area (Å²) in [6, 6.07) is -0.579. The average molecular weight is 327 g/mol. The first kappa shape index (κ1) is 19.4. The molecule has 0 aliphatic carbocycles. The standard InChI is InChI=1S/C16H29N3O4/c1-5-6-7-8-9-10-16(3)14(21)19(15(22)17-16)18-13(20)11-12(2)23-4/h12H,5-11H2,1-4H3,(H,17,22)(H,18,20). The van der Waals surface area contributed by atoms with E-state index in [9.17, 15) is 14.4 Å². The first-order chi connectivity index (χ1) is 10.8. The molecule has 2 atom stereocenters. The number of nitrogens with one attached hydrogen (secondary N) is 2. The van der Waals surface area contributed by atoms with Gasteiger partial charge in [-0.3, -0.25) is 15.0 Å². The molecule has 7 heteroatoms. The third-order valence-electron chi connectivity index (χ3n) is 4.15. The van der Waals surface area contributed by atoms with Gasteiger partial charge >= 0.3 is 6.03 Å². The van der Waals surface area contributed by atoms with E-state index in [2.05, 4.69) is 17.7 Å². The molecule has 1 fully saturated rings. The van der Waals surface area contributed by atoms with Gasteiger partial charge in [0.1, 0.15) is 5.54 Å². The highest BCUT2D eigenvalue weighted by molar-refractivity contribution is 6.07. The molecule has 1 saturated heterocycles. The Morgan fingerprint density at radius 2 is 1.96 bits per heavy atom. The summed E-state index contributed by atoms with van der Waals surface area (Å²) in [5.74, 6) is -0.827. The van der Waals surface area contributed by atoms with Crippen molar-refractivity contribution in [2.75, 3.05) is 7.11 Å². The van der Waals surface area contributed by atoms with Crippen LogP contribution in [0.25, 0.3) is 0 Å². The van der Waals surface area contributed by atoms with Crippen LogP contribution in [-0.2, 0) is 14.3 Å². The minimum Gasteiger partial charge on any atom is -0.381 e. The summed E-state index contributed by atoms with van der Waals surface area (Å²) in [4.78, 5) is 36.3. The molecule has 0 saturated carbocycles. The summed E-state index contributed by atoms with van der Waals surface area (Å²) >= 11 is 0. The molecule has 2 N–H and O–H groups in total. The quantitative estimate of drug-likeness (QED) is 0.475. The van der Waals surface area contributed by atoms with Crippen molar-refractivity contribution in [1.29, 1.82) is 0 Å². The van der Waals surface area contributed by atoms with Gasteiger partial charge in [-0.2, -0.15) is 5.01 Å². The predicted molar refractivity (Wildman–Crippen MR) is 86.4 cm³/mol. The fraction of sp³-hybridized carbons (Fsp3) is 0.812. The smallest absolute Gasteiger partial charge is 0.344 e. The average Bonchev–Trinajstić information content (AvgIpc) is 2.70. The van der Waals surface area contributed by atoms with Crippen LogP contribution >= 0.6 is 0 Å². The molecular formula is C16H29N3O4. The molecule has 0 spiro atoms. The Kier molecular flexibility index (Phi) is 7.48. The van der Waals surface area contributed by atoms with E-state index >= 15 is 0 Å². The van der Waals surface area contributed by atoms with Gasteiger partial charge < -0.3 is 10.1 Å². The SMILES string of the molecule is CCCCCCCC1(C)NC(=O)N(NC(=O)CC(C)OC)C1=O. The van der Waals surface area contributed by atoms with Crippen LogP contribution in [0, 0.1) is 0 Å². The monoisotopic (exact) mass is 327 g/mol. The van der Waals surface area contributed by atoms with Gasteiger partial charge in [0.15, 0.2) is 0 Å². The zero-order chi connectivity index (χ0) is 17.5. The topological polar surface area (TPSA) is 87.7 Å². The van der Waals surface area contributed by atoms with E-state index in [4.69, 9.17) is 4.74 Å². The third-order valence-corrected chi connectivity index (χ3v) is 4.15. The lowest BCUT2D eigenvalue weighted by atomic mass is 9.94. The van der Waals surface area contributed by atoms with Crippen molar-refractivity contribution in [3.8, 4) is 0 Å². The molecule has 4 amide bonds. The van der Waals surface area contributed by atoms with E-state index in [0.717, 1.165) is 30.7 Å². The summed E-state index contributed by atoms with van der Waals surface area (Å²) in [5.41, 5.74) is 1.42. The highest BCUT2D eigenvalue weighted by atomic mass is 16.5. The van der Waals surface area contributed by atoms with Crippen molar-refractivity contribution in [3.63, 3.8) is 0 Å². The predicted octanol–water partition coefficient (Wildman–Crippen LogP) is 2.11. The van der Waals surface area contributed by atoms with Crippen molar-refractivity contribution in [2.45, 2.75) is 77.4 Å².